The Labute approximate surface area is 105 Å². The standard InChI is InChI=1S/C13H14N4O/c1-8-10-6-7-15-12(10)5-4-11(8)17-13(14-3)16-9(2)18/h4-7,15H,3H2,1-2H3,(H,16,17,18). The number of aryl methyl sites for hydroxylation is 1. The van der Waals surface area contributed by atoms with Gasteiger partial charge in [0.2, 0.25) is 11.9 Å². The first kappa shape index (κ1) is 12.0. The Kier molecular flexibility index (Phi) is 3.23. The lowest BCUT2D eigenvalue weighted by atomic mass is 10.1. The molecule has 1 aromatic carbocycles. The maximum atomic E-state index is 11.0. The Bertz CT molecular complexity index is 639. The number of carbonyl (C=O) groups is 1. The van der Waals surface area contributed by atoms with Crippen LogP contribution in [0.25, 0.3) is 10.9 Å². The molecule has 0 saturated carbocycles. The molecule has 5 heteroatoms. The summed E-state index contributed by atoms with van der Waals surface area (Å²) in [5.41, 5.74) is 2.84. The number of nitrogens with one attached hydrogen (secondary N) is 2. The van der Waals surface area contributed by atoms with Gasteiger partial charge >= 0.3 is 0 Å². The van der Waals surface area contributed by atoms with Crippen molar-refractivity contribution in [2.75, 3.05) is 0 Å². The first-order chi connectivity index (χ1) is 8.61. The molecular weight excluding hydrogens is 228 g/mol. The summed E-state index contributed by atoms with van der Waals surface area (Å²) in [6.07, 6.45) is 1.88. The Balaban J connectivity index is 2.46. The average molecular weight is 242 g/mol. The van der Waals surface area contributed by atoms with Crippen molar-refractivity contribution in [1.82, 2.24) is 10.3 Å². The second-order valence-electron chi connectivity index (χ2n) is 3.92. The number of nitrogens with zero attached hydrogens (tertiary/aromatic N) is 2. The number of fused-ring (bicyclic) bond motifs is 1. The van der Waals surface area contributed by atoms with E-state index >= 15 is 0 Å². The maximum absolute atomic E-state index is 11.0. The van der Waals surface area contributed by atoms with Crippen LogP contribution in [0.1, 0.15) is 12.5 Å². The minimum Gasteiger partial charge on any atom is -0.361 e. The van der Waals surface area contributed by atoms with Crippen LogP contribution in [0.15, 0.2) is 34.4 Å². The highest BCUT2D eigenvalue weighted by molar-refractivity contribution is 5.99. The van der Waals surface area contributed by atoms with Gasteiger partial charge in [-0.05, 0) is 37.4 Å². The lowest BCUT2D eigenvalue weighted by Gasteiger charge is -2.04. The summed E-state index contributed by atoms with van der Waals surface area (Å²) in [7, 11) is 0. The molecule has 1 heterocycles. The van der Waals surface area contributed by atoms with Crippen molar-refractivity contribution in [3.8, 4) is 0 Å². The SMILES string of the molecule is C=NC(=Nc1ccc2[nH]ccc2c1C)NC(C)=O. The summed E-state index contributed by atoms with van der Waals surface area (Å²) >= 11 is 0. The smallest absolute Gasteiger partial charge is 0.229 e. The van der Waals surface area contributed by atoms with E-state index in [1.807, 2.05) is 31.3 Å². The number of benzene rings is 1. The maximum Gasteiger partial charge on any atom is 0.229 e. The average Bonchev–Trinajstić information content (AvgIpc) is 2.80. The number of aliphatic imine (C=N–C) groups is 2. The Morgan fingerprint density at radius 3 is 2.83 bits per heavy atom. The van der Waals surface area contributed by atoms with Crippen molar-refractivity contribution in [1.29, 1.82) is 0 Å². The first-order valence-electron chi connectivity index (χ1n) is 5.51. The van der Waals surface area contributed by atoms with Gasteiger partial charge in [-0.25, -0.2) is 9.98 Å². The zero-order valence-electron chi connectivity index (χ0n) is 10.3. The summed E-state index contributed by atoms with van der Waals surface area (Å²) in [6.45, 7) is 6.77. The largest absolute Gasteiger partial charge is 0.361 e. The van der Waals surface area contributed by atoms with E-state index in [-0.39, 0.29) is 11.9 Å². The van der Waals surface area contributed by atoms with Crippen LogP contribution in [0.4, 0.5) is 5.69 Å². The third-order valence-electron chi connectivity index (χ3n) is 2.64. The fourth-order valence-electron chi connectivity index (χ4n) is 1.77. The monoisotopic (exact) mass is 242 g/mol. The first-order valence-corrected chi connectivity index (χ1v) is 5.51. The van der Waals surface area contributed by atoms with Crippen LogP contribution in [0, 0.1) is 6.92 Å². The molecule has 1 aromatic heterocycles. The second kappa shape index (κ2) is 4.83. The van der Waals surface area contributed by atoms with Crippen LogP contribution in [0.3, 0.4) is 0 Å². The van der Waals surface area contributed by atoms with Crippen molar-refractivity contribution < 1.29 is 4.79 Å². The normalized spacial score (nSPS) is 11.6. The van der Waals surface area contributed by atoms with Crippen molar-refractivity contribution in [3.05, 3.63) is 30.0 Å². The molecule has 18 heavy (non-hydrogen) atoms. The number of aromatic amines is 1. The highest BCUT2D eigenvalue weighted by Gasteiger charge is 2.05. The molecule has 0 radical (unpaired) electrons. The van der Waals surface area contributed by atoms with Crippen molar-refractivity contribution in [2.45, 2.75) is 13.8 Å². The molecule has 0 spiro atoms. The van der Waals surface area contributed by atoms with Crippen LogP contribution in [-0.2, 0) is 4.79 Å². The molecule has 0 fully saturated rings. The van der Waals surface area contributed by atoms with E-state index in [0.29, 0.717) is 0 Å². The van der Waals surface area contributed by atoms with E-state index in [9.17, 15) is 4.79 Å². The van der Waals surface area contributed by atoms with Crippen LogP contribution in [0.2, 0.25) is 0 Å². The molecule has 0 atom stereocenters. The molecular formula is C13H14N4O. The van der Waals surface area contributed by atoms with Crippen molar-refractivity contribution in [3.63, 3.8) is 0 Å². The molecule has 0 saturated heterocycles. The molecule has 2 N–H and O–H groups in total. The minimum atomic E-state index is -0.221. The van der Waals surface area contributed by atoms with Crippen LogP contribution >= 0.6 is 0 Å². The number of hydrogen-bond acceptors (Lipinski definition) is 2. The summed E-state index contributed by atoms with van der Waals surface area (Å²) in [4.78, 5) is 22.1. The molecule has 2 rings (SSSR count). The van der Waals surface area contributed by atoms with Gasteiger partial charge in [-0.1, -0.05) is 0 Å². The van der Waals surface area contributed by atoms with Gasteiger partial charge in [0, 0.05) is 24.0 Å². The number of carbonyl (C=O) groups excluding carboxylic acids is 1. The zero-order chi connectivity index (χ0) is 13.1. The minimum absolute atomic E-state index is 0.209. The Hall–Kier alpha value is -2.43. The van der Waals surface area contributed by atoms with Gasteiger partial charge in [-0.2, -0.15) is 0 Å². The van der Waals surface area contributed by atoms with E-state index in [4.69, 9.17) is 0 Å². The molecule has 0 aliphatic heterocycles. The predicted molar refractivity (Wildman–Crippen MR) is 73.5 cm³/mol. The zero-order valence-corrected chi connectivity index (χ0v) is 10.3. The second-order valence-corrected chi connectivity index (χ2v) is 3.92. The molecule has 0 aliphatic rings. The van der Waals surface area contributed by atoms with Crippen molar-refractivity contribution >= 4 is 35.2 Å². The summed E-state index contributed by atoms with van der Waals surface area (Å²) in [5, 5.41) is 3.62. The molecule has 2 aromatic rings. The molecule has 0 aliphatic carbocycles. The van der Waals surface area contributed by atoms with E-state index < -0.39 is 0 Å². The van der Waals surface area contributed by atoms with Crippen LogP contribution in [0.5, 0.6) is 0 Å². The summed E-state index contributed by atoms with van der Waals surface area (Å²) in [6, 6.07) is 5.81. The predicted octanol–water partition coefficient (Wildman–Crippen LogP) is 2.30. The Morgan fingerprint density at radius 2 is 2.17 bits per heavy atom. The quantitative estimate of drug-likeness (QED) is 0.584. The fraction of sp³-hybridized carbons (Fsp3) is 0.154. The molecule has 5 nitrogen and oxygen atoms in total. The van der Waals surface area contributed by atoms with Gasteiger partial charge in [-0.15, -0.1) is 0 Å². The third kappa shape index (κ3) is 2.29. The highest BCUT2D eigenvalue weighted by atomic mass is 16.1. The number of guanidine groups is 1. The van der Waals surface area contributed by atoms with Gasteiger partial charge < -0.3 is 4.98 Å². The number of H-pyrrole nitrogens is 1. The van der Waals surface area contributed by atoms with Gasteiger partial charge in [0.1, 0.15) is 0 Å². The number of aromatic nitrogens is 1. The van der Waals surface area contributed by atoms with E-state index in [1.54, 1.807) is 0 Å². The molecule has 0 bridgehead atoms. The highest BCUT2D eigenvalue weighted by Crippen LogP contribution is 2.26. The fourth-order valence-corrected chi connectivity index (χ4v) is 1.77. The summed E-state index contributed by atoms with van der Waals surface area (Å²) < 4.78 is 0. The third-order valence-corrected chi connectivity index (χ3v) is 2.64. The number of amides is 1. The lowest BCUT2D eigenvalue weighted by molar-refractivity contribution is -0.117. The van der Waals surface area contributed by atoms with Gasteiger partial charge in [0.25, 0.3) is 0 Å². The van der Waals surface area contributed by atoms with Crippen molar-refractivity contribution in [2.24, 2.45) is 9.98 Å². The summed E-state index contributed by atoms with van der Waals surface area (Å²) in [5.74, 6) is -0.0120. The van der Waals surface area contributed by atoms with Gasteiger partial charge in [0.05, 0.1) is 5.69 Å². The molecule has 92 valence electrons. The lowest BCUT2D eigenvalue weighted by Crippen LogP contribution is -2.26. The molecule has 1 amide bonds. The van der Waals surface area contributed by atoms with E-state index in [2.05, 4.69) is 27.0 Å². The van der Waals surface area contributed by atoms with Crippen LogP contribution in [-0.4, -0.2) is 23.6 Å². The van der Waals surface area contributed by atoms with E-state index in [0.717, 1.165) is 22.2 Å². The number of rotatable bonds is 1. The Morgan fingerprint density at radius 1 is 1.39 bits per heavy atom. The molecule has 0 unspecified atom stereocenters. The topological polar surface area (TPSA) is 69.6 Å². The van der Waals surface area contributed by atoms with Gasteiger partial charge in [0.15, 0.2) is 0 Å². The van der Waals surface area contributed by atoms with E-state index in [1.165, 1.54) is 6.92 Å². The van der Waals surface area contributed by atoms with Gasteiger partial charge in [-0.3, -0.25) is 10.1 Å². The van der Waals surface area contributed by atoms with Crippen LogP contribution < -0.4 is 5.32 Å². The number of hydrogen-bond donors (Lipinski definition) is 2.